The van der Waals surface area contributed by atoms with Gasteiger partial charge in [0.15, 0.2) is 0 Å². The van der Waals surface area contributed by atoms with Crippen LogP contribution >= 0.6 is 0 Å². The Bertz CT molecular complexity index is 394. The van der Waals surface area contributed by atoms with Crippen LogP contribution in [0.3, 0.4) is 0 Å². The van der Waals surface area contributed by atoms with Crippen LogP contribution < -0.4 is 15.8 Å². The third-order valence-corrected chi connectivity index (χ3v) is 4.01. The zero-order valence-electron chi connectivity index (χ0n) is 12.9. The molecule has 20 heavy (non-hydrogen) atoms. The maximum Gasteiger partial charge on any atom is 0.119 e. The highest BCUT2D eigenvalue weighted by atomic mass is 16.5. The Hall–Kier alpha value is -1.06. The molecule has 0 amide bonds. The zero-order chi connectivity index (χ0) is 14.5. The molecule has 1 aromatic rings. The topological polar surface area (TPSA) is 47.3 Å². The Balaban J connectivity index is 1.87. The molecule has 3 heteroatoms. The van der Waals surface area contributed by atoms with Crippen molar-refractivity contribution in [2.24, 2.45) is 5.73 Å². The van der Waals surface area contributed by atoms with Crippen LogP contribution in [0.5, 0.6) is 5.75 Å². The SMILES string of the molecule is CC(C)Oc1ccc(C(C)NC2CCC(N)CC2)cc1. The third-order valence-electron chi connectivity index (χ3n) is 4.01. The van der Waals surface area contributed by atoms with Crippen molar-refractivity contribution >= 4 is 0 Å². The summed E-state index contributed by atoms with van der Waals surface area (Å²) in [7, 11) is 0. The van der Waals surface area contributed by atoms with Gasteiger partial charge in [-0.3, -0.25) is 0 Å². The lowest BCUT2D eigenvalue weighted by Gasteiger charge is -2.29. The lowest BCUT2D eigenvalue weighted by atomic mass is 9.91. The van der Waals surface area contributed by atoms with Crippen molar-refractivity contribution in [3.05, 3.63) is 29.8 Å². The van der Waals surface area contributed by atoms with Crippen molar-refractivity contribution in [3.63, 3.8) is 0 Å². The highest BCUT2D eigenvalue weighted by Crippen LogP contribution is 2.22. The van der Waals surface area contributed by atoms with Crippen LogP contribution in [0.15, 0.2) is 24.3 Å². The Morgan fingerprint density at radius 2 is 1.65 bits per heavy atom. The maximum absolute atomic E-state index is 5.95. The fraction of sp³-hybridized carbons (Fsp3) is 0.647. The molecule has 0 radical (unpaired) electrons. The monoisotopic (exact) mass is 276 g/mol. The fourth-order valence-corrected chi connectivity index (χ4v) is 2.84. The van der Waals surface area contributed by atoms with Crippen LogP contribution in [0.2, 0.25) is 0 Å². The summed E-state index contributed by atoms with van der Waals surface area (Å²) in [5.74, 6) is 0.944. The fourth-order valence-electron chi connectivity index (χ4n) is 2.84. The van der Waals surface area contributed by atoms with E-state index in [4.69, 9.17) is 10.5 Å². The highest BCUT2D eigenvalue weighted by molar-refractivity contribution is 5.29. The first-order valence-corrected chi connectivity index (χ1v) is 7.83. The van der Waals surface area contributed by atoms with E-state index in [0.717, 1.165) is 18.6 Å². The van der Waals surface area contributed by atoms with Crippen molar-refractivity contribution in [2.45, 2.75) is 70.7 Å². The largest absolute Gasteiger partial charge is 0.491 e. The molecule has 0 aromatic heterocycles. The smallest absolute Gasteiger partial charge is 0.119 e. The molecule has 0 spiro atoms. The molecule has 1 saturated carbocycles. The molecule has 3 nitrogen and oxygen atoms in total. The Morgan fingerprint density at radius 1 is 1.05 bits per heavy atom. The molecule has 0 bridgehead atoms. The third kappa shape index (κ3) is 4.50. The molecule has 1 atom stereocenters. The van der Waals surface area contributed by atoms with E-state index in [1.807, 2.05) is 13.8 Å². The summed E-state index contributed by atoms with van der Waals surface area (Å²) in [4.78, 5) is 0. The summed E-state index contributed by atoms with van der Waals surface area (Å²) in [6, 6.07) is 9.83. The molecular formula is C17H28N2O. The normalized spacial score (nSPS) is 24.6. The summed E-state index contributed by atoms with van der Waals surface area (Å²) in [5.41, 5.74) is 7.27. The van der Waals surface area contributed by atoms with Gasteiger partial charge in [-0.05, 0) is 64.2 Å². The van der Waals surface area contributed by atoms with Crippen LogP contribution in [-0.2, 0) is 0 Å². The lowest BCUT2D eigenvalue weighted by molar-refractivity contribution is 0.242. The van der Waals surface area contributed by atoms with E-state index in [2.05, 4.69) is 36.5 Å². The van der Waals surface area contributed by atoms with Gasteiger partial charge in [0.05, 0.1) is 6.10 Å². The summed E-state index contributed by atoms with van der Waals surface area (Å²) >= 11 is 0. The van der Waals surface area contributed by atoms with E-state index in [0.29, 0.717) is 18.1 Å². The quantitative estimate of drug-likeness (QED) is 0.866. The van der Waals surface area contributed by atoms with Gasteiger partial charge in [-0.1, -0.05) is 12.1 Å². The van der Waals surface area contributed by atoms with E-state index in [1.54, 1.807) is 0 Å². The van der Waals surface area contributed by atoms with Crippen molar-refractivity contribution in [1.82, 2.24) is 5.32 Å². The predicted molar refractivity (Wildman–Crippen MR) is 84.0 cm³/mol. The molecule has 1 fully saturated rings. The minimum atomic E-state index is 0.225. The number of rotatable bonds is 5. The highest BCUT2D eigenvalue weighted by Gasteiger charge is 2.20. The molecular weight excluding hydrogens is 248 g/mol. The van der Waals surface area contributed by atoms with Gasteiger partial charge in [-0.25, -0.2) is 0 Å². The van der Waals surface area contributed by atoms with Crippen molar-refractivity contribution in [2.75, 3.05) is 0 Å². The number of hydrogen-bond donors (Lipinski definition) is 2. The lowest BCUT2D eigenvalue weighted by Crippen LogP contribution is -2.38. The molecule has 112 valence electrons. The summed E-state index contributed by atoms with van der Waals surface area (Å²) in [6.07, 6.45) is 4.90. The minimum absolute atomic E-state index is 0.225. The molecule has 0 heterocycles. The van der Waals surface area contributed by atoms with E-state index < -0.39 is 0 Å². The Morgan fingerprint density at radius 3 is 2.20 bits per heavy atom. The van der Waals surface area contributed by atoms with Gasteiger partial charge in [0.1, 0.15) is 5.75 Å². The average Bonchev–Trinajstić information content (AvgIpc) is 2.41. The summed E-state index contributed by atoms with van der Waals surface area (Å²) < 4.78 is 5.68. The maximum atomic E-state index is 5.95. The number of nitrogens with one attached hydrogen (secondary N) is 1. The van der Waals surface area contributed by atoms with Crippen LogP contribution in [-0.4, -0.2) is 18.2 Å². The van der Waals surface area contributed by atoms with Crippen LogP contribution in [0, 0.1) is 0 Å². The van der Waals surface area contributed by atoms with Gasteiger partial charge in [0.2, 0.25) is 0 Å². The van der Waals surface area contributed by atoms with E-state index in [9.17, 15) is 0 Å². The first-order valence-electron chi connectivity index (χ1n) is 7.83. The molecule has 1 aliphatic carbocycles. The van der Waals surface area contributed by atoms with Crippen molar-refractivity contribution < 1.29 is 4.74 Å². The predicted octanol–water partition coefficient (Wildman–Crippen LogP) is 3.39. The average molecular weight is 276 g/mol. The molecule has 2 rings (SSSR count). The number of ether oxygens (including phenoxy) is 1. The first-order chi connectivity index (χ1) is 9.54. The zero-order valence-corrected chi connectivity index (χ0v) is 12.9. The molecule has 0 saturated heterocycles. The molecule has 1 aliphatic rings. The molecule has 0 aliphatic heterocycles. The summed E-state index contributed by atoms with van der Waals surface area (Å²) in [5, 5.41) is 3.72. The van der Waals surface area contributed by atoms with Gasteiger partial charge in [0.25, 0.3) is 0 Å². The van der Waals surface area contributed by atoms with E-state index in [-0.39, 0.29) is 6.10 Å². The second-order valence-electron chi connectivity index (χ2n) is 6.24. The molecule has 1 unspecified atom stereocenters. The second kappa shape index (κ2) is 7.09. The van der Waals surface area contributed by atoms with Crippen LogP contribution in [0.1, 0.15) is 58.1 Å². The van der Waals surface area contributed by atoms with Crippen LogP contribution in [0.25, 0.3) is 0 Å². The minimum Gasteiger partial charge on any atom is -0.491 e. The number of hydrogen-bond acceptors (Lipinski definition) is 3. The van der Waals surface area contributed by atoms with Gasteiger partial charge in [-0.15, -0.1) is 0 Å². The number of benzene rings is 1. The molecule has 1 aromatic carbocycles. The van der Waals surface area contributed by atoms with E-state index in [1.165, 1.54) is 18.4 Å². The van der Waals surface area contributed by atoms with Gasteiger partial charge < -0.3 is 15.8 Å². The van der Waals surface area contributed by atoms with Crippen molar-refractivity contribution in [3.8, 4) is 5.75 Å². The summed E-state index contributed by atoms with van der Waals surface area (Å²) in [6.45, 7) is 6.32. The Kier molecular flexibility index (Phi) is 5.44. The van der Waals surface area contributed by atoms with E-state index >= 15 is 0 Å². The first kappa shape index (κ1) is 15.3. The van der Waals surface area contributed by atoms with Gasteiger partial charge in [-0.2, -0.15) is 0 Å². The van der Waals surface area contributed by atoms with Crippen molar-refractivity contribution in [1.29, 1.82) is 0 Å². The van der Waals surface area contributed by atoms with Gasteiger partial charge in [0, 0.05) is 18.1 Å². The standard InChI is InChI=1S/C17H28N2O/c1-12(2)20-17-10-4-14(5-11-17)13(3)19-16-8-6-15(18)7-9-16/h4-5,10-13,15-16,19H,6-9,18H2,1-3H3. The number of nitrogens with two attached hydrogens (primary N) is 1. The van der Waals surface area contributed by atoms with Crippen LogP contribution in [0.4, 0.5) is 0 Å². The van der Waals surface area contributed by atoms with Gasteiger partial charge >= 0.3 is 0 Å². The Labute approximate surface area is 122 Å². The second-order valence-corrected chi connectivity index (χ2v) is 6.24. The molecule has 3 N–H and O–H groups in total.